The molecule has 1 heterocycles. The van der Waals surface area contributed by atoms with Crippen molar-refractivity contribution in [1.82, 2.24) is 20.6 Å². The lowest BCUT2D eigenvalue weighted by atomic mass is 9.86. The maximum absolute atomic E-state index is 11.8. The third-order valence-corrected chi connectivity index (χ3v) is 3.79. The van der Waals surface area contributed by atoms with Gasteiger partial charge in [-0.1, -0.05) is 19.8 Å². The van der Waals surface area contributed by atoms with Gasteiger partial charge in [-0.2, -0.15) is 0 Å². The first-order valence-corrected chi connectivity index (χ1v) is 7.59. The Kier molecular flexibility index (Phi) is 6.02. The van der Waals surface area contributed by atoms with Crippen LogP contribution < -0.4 is 10.6 Å². The Morgan fingerprint density at radius 1 is 1.26 bits per heavy atom. The van der Waals surface area contributed by atoms with Crippen LogP contribution in [0.3, 0.4) is 0 Å². The van der Waals surface area contributed by atoms with Crippen LogP contribution in [0.4, 0.5) is 4.79 Å². The topological polar surface area (TPSA) is 110 Å². The third kappa shape index (κ3) is 5.32. The molecule has 0 spiro atoms. The molecule has 1 saturated carbocycles. The van der Waals surface area contributed by atoms with Crippen LogP contribution >= 0.6 is 0 Å². The Labute approximate surface area is 134 Å². The van der Waals surface area contributed by atoms with Crippen LogP contribution in [0.1, 0.15) is 43.1 Å². The van der Waals surface area contributed by atoms with Crippen molar-refractivity contribution in [3.05, 3.63) is 24.3 Å². The Hall–Kier alpha value is -2.51. The van der Waals surface area contributed by atoms with Gasteiger partial charge in [0, 0.05) is 18.4 Å². The van der Waals surface area contributed by atoms with Crippen LogP contribution in [0.2, 0.25) is 0 Å². The zero-order valence-electron chi connectivity index (χ0n) is 12.9. The molecular weight excluding hydrogens is 300 g/mol. The number of carbonyl (C=O) groups excluding carboxylic acids is 3. The molecule has 2 rings (SSSR count). The van der Waals surface area contributed by atoms with Crippen molar-refractivity contribution in [2.75, 3.05) is 6.61 Å². The highest BCUT2D eigenvalue weighted by Crippen LogP contribution is 2.23. The minimum absolute atomic E-state index is 0.000724. The summed E-state index contributed by atoms with van der Waals surface area (Å²) in [6.07, 6.45) is 8.20. The van der Waals surface area contributed by atoms with Crippen LogP contribution in [0, 0.1) is 5.92 Å². The fourth-order valence-electron chi connectivity index (χ4n) is 2.51. The number of carbonyl (C=O) groups is 3. The fraction of sp³-hybridized carbons (Fsp3) is 0.533. The first kappa shape index (κ1) is 16.9. The molecular formula is C15H20N4O4. The second-order valence-electron chi connectivity index (χ2n) is 5.56. The third-order valence-electron chi connectivity index (χ3n) is 3.79. The van der Waals surface area contributed by atoms with Gasteiger partial charge in [0.1, 0.15) is 0 Å². The van der Waals surface area contributed by atoms with Crippen molar-refractivity contribution in [2.24, 2.45) is 5.92 Å². The molecule has 0 saturated heterocycles. The predicted octanol–water partition coefficient (Wildman–Crippen LogP) is 1.04. The van der Waals surface area contributed by atoms with Crippen molar-refractivity contribution in [2.45, 2.75) is 38.6 Å². The summed E-state index contributed by atoms with van der Waals surface area (Å²) in [5.74, 6) is -1.07. The summed E-state index contributed by atoms with van der Waals surface area (Å²) in [5.41, 5.74) is 0.000724. The highest BCUT2D eigenvalue weighted by molar-refractivity contribution is 5.96. The minimum atomic E-state index is -0.769. The quantitative estimate of drug-likeness (QED) is 0.802. The second-order valence-corrected chi connectivity index (χ2v) is 5.56. The Morgan fingerprint density at radius 3 is 2.74 bits per heavy atom. The monoisotopic (exact) mass is 320 g/mol. The van der Waals surface area contributed by atoms with E-state index in [0.717, 1.165) is 25.7 Å². The van der Waals surface area contributed by atoms with Gasteiger partial charge in [0.05, 0.1) is 6.20 Å². The summed E-state index contributed by atoms with van der Waals surface area (Å²) in [7, 11) is 0. The number of aromatic nitrogens is 2. The van der Waals surface area contributed by atoms with Crippen LogP contribution in [-0.2, 0) is 9.53 Å². The number of rotatable bonds is 4. The molecule has 8 heteroatoms. The van der Waals surface area contributed by atoms with Crippen LogP contribution in [0.25, 0.3) is 0 Å². The Balaban J connectivity index is 1.71. The van der Waals surface area contributed by atoms with E-state index < -0.39 is 24.5 Å². The Morgan fingerprint density at radius 2 is 2.04 bits per heavy atom. The molecule has 0 radical (unpaired) electrons. The van der Waals surface area contributed by atoms with Gasteiger partial charge < -0.3 is 10.1 Å². The molecule has 1 aromatic rings. The molecule has 0 unspecified atom stereocenters. The van der Waals surface area contributed by atoms with E-state index in [2.05, 4.69) is 27.5 Å². The second kappa shape index (κ2) is 8.21. The summed E-state index contributed by atoms with van der Waals surface area (Å²) >= 11 is 0. The number of hydrogen-bond acceptors (Lipinski definition) is 6. The maximum atomic E-state index is 11.8. The van der Waals surface area contributed by atoms with E-state index in [1.54, 1.807) is 0 Å². The van der Waals surface area contributed by atoms with Crippen LogP contribution in [-0.4, -0.2) is 40.5 Å². The van der Waals surface area contributed by atoms with Gasteiger partial charge in [0.2, 0.25) is 0 Å². The molecule has 0 aromatic carbocycles. The SMILES string of the molecule is C[C@@H]1CCCC[C@H]1NC(=O)NC(=O)COC(=O)c1cnccn1. The zero-order valence-corrected chi connectivity index (χ0v) is 12.9. The zero-order chi connectivity index (χ0) is 16.7. The van der Waals surface area contributed by atoms with Crippen LogP contribution in [0.5, 0.6) is 0 Å². The first-order chi connectivity index (χ1) is 11.1. The Bertz CT molecular complexity index is 564. The van der Waals surface area contributed by atoms with E-state index in [1.807, 2.05) is 0 Å². The van der Waals surface area contributed by atoms with Gasteiger partial charge in [0.25, 0.3) is 5.91 Å². The molecule has 23 heavy (non-hydrogen) atoms. The van der Waals surface area contributed by atoms with E-state index in [4.69, 9.17) is 4.74 Å². The summed E-state index contributed by atoms with van der Waals surface area (Å²) in [5, 5.41) is 4.94. The number of ether oxygens (including phenoxy) is 1. The molecule has 1 fully saturated rings. The van der Waals surface area contributed by atoms with Gasteiger partial charge in [-0.25, -0.2) is 14.6 Å². The van der Waals surface area contributed by atoms with Gasteiger partial charge in [-0.3, -0.25) is 15.1 Å². The number of esters is 1. The average Bonchev–Trinajstić information content (AvgIpc) is 2.55. The molecule has 1 aliphatic carbocycles. The fourth-order valence-corrected chi connectivity index (χ4v) is 2.51. The molecule has 0 aliphatic heterocycles. The van der Waals surface area contributed by atoms with Crippen molar-refractivity contribution in [3.63, 3.8) is 0 Å². The highest BCUT2D eigenvalue weighted by Gasteiger charge is 2.23. The van der Waals surface area contributed by atoms with E-state index in [0.29, 0.717) is 5.92 Å². The lowest BCUT2D eigenvalue weighted by Gasteiger charge is -2.29. The van der Waals surface area contributed by atoms with Crippen LogP contribution in [0.15, 0.2) is 18.6 Å². The average molecular weight is 320 g/mol. The number of nitrogens with one attached hydrogen (secondary N) is 2. The van der Waals surface area contributed by atoms with Gasteiger partial charge in [-0.15, -0.1) is 0 Å². The van der Waals surface area contributed by atoms with Crippen molar-refractivity contribution < 1.29 is 19.1 Å². The highest BCUT2D eigenvalue weighted by atomic mass is 16.5. The summed E-state index contributed by atoms with van der Waals surface area (Å²) < 4.78 is 4.77. The van der Waals surface area contributed by atoms with E-state index in [9.17, 15) is 14.4 Å². The number of nitrogens with zero attached hydrogens (tertiary/aromatic N) is 2. The predicted molar refractivity (Wildman–Crippen MR) is 80.4 cm³/mol. The van der Waals surface area contributed by atoms with Crippen molar-refractivity contribution in [3.8, 4) is 0 Å². The standard InChI is InChI=1S/C15H20N4O4/c1-10-4-2-3-5-11(10)18-15(22)19-13(20)9-23-14(21)12-8-16-6-7-17-12/h6-8,10-11H,2-5,9H2,1H3,(H2,18,19,20,22)/t10-,11-/m1/s1. The summed E-state index contributed by atoms with van der Waals surface area (Å²) in [6, 6.07) is -0.497. The van der Waals surface area contributed by atoms with E-state index >= 15 is 0 Å². The number of imide groups is 1. The van der Waals surface area contributed by atoms with E-state index in [-0.39, 0.29) is 11.7 Å². The summed E-state index contributed by atoms with van der Waals surface area (Å²) in [6.45, 7) is 1.53. The maximum Gasteiger partial charge on any atom is 0.359 e. The van der Waals surface area contributed by atoms with Crippen molar-refractivity contribution in [1.29, 1.82) is 0 Å². The molecule has 1 aliphatic rings. The summed E-state index contributed by atoms with van der Waals surface area (Å²) in [4.78, 5) is 42.5. The van der Waals surface area contributed by atoms with Gasteiger partial charge >= 0.3 is 12.0 Å². The number of urea groups is 1. The molecule has 124 valence electrons. The molecule has 3 amide bonds. The van der Waals surface area contributed by atoms with Gasteiger partial charge in [0.15, 0.2) is 12.3 Å². The first-order valence-electron chi connectivity index (χ1n) is 7.59. The lowest BCUT2D eigenvalue weighted by Crippen LogP contribution is -2.48. The molecule has 8 nitrogen and oxygen atoms in total. The van der Waals surface area contributed by atoms with Gasteiger partial charge in [-0.05, 0) is 18.8 Å². The molecule has 2 atom stereocenters. The smallest absolute Gasteiger partial charge is 0.359 e. The number of amides is 3. The molecule has 2 N–H and O–H groups in total. The number of hydrogen-bond donors (Lipinski definition) is 2. The molecule has 0 bridgehead atoms. The molecule has 1 aromatic heterocycles. The minimum Gasteiger partial charge on any atom is -0.451 e. The largest absolute Gasteiger partial charge is 0.451 e. The van der Waals surface area contributed by atoms with E-state index in [1.165, 1.54) is 18.6 Å². The normalized spacial score (nSPS) is 20.4. The lowest BCUT2D eigenvalue weighted by molar-refractivity contribution is -0.123. The van der Waals surface area contributed by atoms with Crippen molar-refractivity contribution >= 4 is 17.9 Å².